The zero-order valence-corrected chi connectivity index (χ0v) is 13.5. The molecule has 1 aromatic rings. The second kappa shape index (κ2) is 9.60. The number of rotatable bonds is 9. The van der Waals surface area contributed by atoms with Crippen molar-refractivity contribution in [2.45, 2.75) is 26.5 Å². The summed E-state index contributed by atoms with van der Waals surface area (Å²) in [5.74, 6) is 0.492. The molecule has 2 N–H and O–H groups in total. The molecule has 0 aliphatic carbocycles. The van der Waals surface area contributed by atoms with Crippen LogP contribution >= 0.6 is 11.6 Å². The molecule has 5 nitrogen and oxygen atoms in total. The van der Waals surface area contributed by atoms with Crippen LogP contribution in [0.1, 0.15) is 19.4 Å². The Bertz CT molecular complexity index is 455. The largest absolute Gasteiger partial charge is 0.481 e. The maximum Gasteiger partial charge on any atom is 0.260 e. The highest BCUT2D eigenvalue weighted by Gasteiger charge is 2.16. The summed E-state index contributed by atoms with van der Waals surface area (Å²) in [6, 6.07) is 5.38. The Labute approximate surface area is 131 Å². The lowest BCUT2D eigenvalue weighted by Crippen LogP contribution is -2.38. The van der Waals surface area contributed by atoms with E-state index in [4.69, 9.17) is 21.1 Å². The van der Waals surface area contributed by atoms with Crippen LogP contribution in [0.5, 0.6) is 5.75 Å². The van der Waals surface area contributed by atoms with E-state index in [0.29, 0.717) is 30.5 Å². The number of ether oxygens (including phenoxy) is 2. The average molecular weight is 315 g/mol. The van der Waals surface area contributed by atoms with Gasteiger partial charge in [-0.1, -0.05) is 18.5 Å². The Morgan fingerprint density at radius 1 is 1.43 bits per heavy atom. The van der Waals surface area contributed by atoms with Crippen molar-refractivity contribution in [2.75, 3.05) is 26.8 Å². The molecule has 21 heavy (non-hydrogen) atoms. The van der Waals surface area contributed by atoms with Crippen LogP contribution in [0.15, 0.2) is 18.2 Å². The Kier molecular flexibility index (Phi) is 8.12. The molecule has 0 saturated heterocycles. The molecule has 0 aliphatic rings. The van der Waals surface area contributed by atoms with Crippen molar-refractivity contribution < 1.29 is 14.3 Å². The van der Waals surface area contributed by atoms with E-state index in [9.17, 15) is 4.79 Å². The van der Waals surface area contributed by atoms with Gasteiger partial charge >= 0.3 is 0 Å². The number of carbonyl (C=O) groups is 1. The predicted octanol–water partition coefficient (Wildman–Crippen LogP) is 1.98. The molecular weight excluding hydrogens is 292 g/mol. The summed E-state index contributed by atoms with van der Waals surface area (Å²) in [5.41, 5.74) is 0.931. The van der Waals surface area contributed by atoms with Gasteiger partial charge in [0, 0.05) is 30.8 Å². The van der Waals surface area contributed by atoms with Crippen molar-refractivity contribution in [3.8, 4) is 5.75 Å². The Morgan fingerprint density at radius 2 is 2.19 bits per heavy atom. The Hall–Kier alpha value is -1.30. The topological polar surface area (TPSA) is 59.6 Å². The third-order valence-corrected chi connectivity index (χ3v) is 3.10. The van der Waals surface area contributed by atoms with Gasteiger partial charge in [-0.3, -0.25) is 4.79 Å². The molecule has 1 atom stereocenters. The number of halogens is 1. The number of hydrogen-bond donors (Lipinski definition) is 2. The van der Waals surface area contributed by atoms with Crippen molar-refractivity contribution >= 4 is 17.5 Å². The van der Waals surface area contributed by atoms with Crippen molar-refractivity contribution in [3.05, 3.63) is 28.8 Å². The van der Waals surface area contributed by atoms with Gasteiger partial charge in [0.1, 0.15) is 5.75 Å². The molecule has 1 rings (SSSR count). The highest BCUT2D eigenvalue weighted by atomic mass is 35.5. The molecule has 0 radical (unpaired) electrons. The number of hydrogen-bond acceptors (Lipinski definition) is 4. The molecule has 1 aromatic carbocycles. The van der Waals surface area contributed by atoms with E-state index >= 15 is 0 Å². The molecule has 118 valence electrons. The molecule has 0 aliphatic heterocycles. The van der Waals surface area contributed by atoms with Crippen molar-refractivity contribution in [1.29, 1.82) is 0 Å². The maximum absolute atomic E-state index is 11.9. The van der Waals surface area contributed by atoms with Crippen molar-refractivity contribution in [3.63, 3.8) is 0 Å². The van der Waals surface area contributed by atoms with E-state index in [1.807, 2.05) is 13.0 Å². The predicted molar refractivity (Wildman–Crippen MR) is 83.8 cm³/mol. The van der Waals surface area contributed by atoms with E-state index in [1.165, 1.54) is 0 Å². The smallest absolute Gasteiger partial charge is 0.260 e. The first kappa shape index (κ1) is 17.8. The molecule has 1 amide bonds. The quantitative estimate of drug-likeness (QED) is 0.684. The van der Waals surface area contributed by atoms with Crippen LogP contribution in [-0.4, -0.2) is 38.8 Å². The SMILES string of the molecule is CCNCc1cc(Cl)ccc1OC(C)C(=O)NCCOC. The van der Waals surface area contributed by atoms with Gasteiger partial charge in [-0.15, -0.1) is 0 Å². The minimum absolute atomic E-state index is 0.170. The standard InChI is InChI=1S/C15H23ClN2O3/c1-4-17-10-12-9-13(16)5-6-14(12)21-11(2)15(19)18-7-8-20-3/h5-6,9,11,17H,4,7-8,10H2,1-3H3,(H,18,19). The zero-order valence-electron chi connectivity index (χ0n) is 12.7. The van der Waals surface area contributed by atoms with E-state index in [-0.39, 0.29) is 5.91 Å². The maximum atomic E-state index is 11.9. The lowest BCUT2D eigenvalue weighted by molar-refractivity contribution is -0.127. The normalized spacial score (nSPS) is 12.0. The van der Waals surface area contributed by atoms with Gasteiger partial charge in [-0.2, -0.15) is 0 Å². The van der Waals surface area contributed by atoms with Crippen LogP contribution in [0, 0.1) is 0 Å². The molecule has 0 bridgehead atoms. The number of nitrogens with one attached hydrogen (secondary N) is 2. The molecular formula is C15H23ClN2O3. The second-order valence-electron chi connectivity index (χ2n) is 4.58. The number of methoxy groups -OCH3 is 1. The first-order valence-corrected chi connectivity index (χ1v) is 7.38. The van der Waals surface area contributed by atoms with E-state index in [1.54, 1.807) is 26.2 Å². The minimum atomic E-state index is -0.580. The summed E-state index contributed by atoms with van der Waals surface area (Å²) in [6.07, 6.45) is -0.580. The Morgan fingerprint density at radius 3 is 2.86 bits per heavy atom. The molecule has 0 saturated carbocycles. The fraction of sp³-hybridized carbons (Fsp3) is 0.533. The van der Waals surface area contributed by atoms with Crippen molar-refractivity contribution in [1.82, 2.24) is 10.6 Å². The van der Waals surface area contributed by atoms with E-state index in [0.717, 1.165) is 12.1 Å². The van der Waals surface area contributed by atoms with E-state index < -0.39 is 6.10 Å². The lowest BCUT2D eigenvalue weighted by Gasteiger charge is -2.17. The minimum Gasteiger partial charge on any atom is -0.481 e. The van der Waals surface area contributed by atoms with Gasteiger partial charge in [0.2, 0.25) is 0 Å². The number of carbonyl (C=O) groups excluding carboxylic acids is 1. The molecule has 0 spiro atoms. The summed E-state index contributed by atoms with van der Waals surface area (Å²) < 4.78 is 10.6. The van der Waals surface area contributed by atoms with Gasteiger partial charge < -0.3 is 20.1 Å². The number of amides is 1. The van der Waals surface area contributed by atoms with Crippen LogP contribution in [0.3, 0.4) is 0 Å². The van der Waals surface area contributed by atoms with Crippen LogP contribution in [0.25, 0.3) is 0 Å². The fourth-order valence-corrected chi connectivity index (χ4v) is 1.92. The molecule has 0 heterocycles. The molecule has 6 heteroatoms. The van der Waals surface area contributed by atoms with Crippen LogP contribution in [0.4, 0.5) is 0 Å². The van der Waals surface area contributed by atoms with Gasteiger partial charge in [0.25, 0.3) is 5.91 Å². The van der Waals surface area contributed by atoms with Crippen molar-refractivity contribution in [2.24, 2.45) is 0 Å². The van der Waals surface area contributed by atoms with Gasteiger partial charge in [0.05, 0.1) is 6.61 Å². The van der Waals surface area contributed by atoms with E-state index in [2.05, 4.69) is 10.6 Å². The highest BCUT2D eigenvalue weighted by molar-refractivity contribution is 6.30. The third-order valence-electron chi connectivity index (χ3n) is 2.87. The number of benzene rings is 1. The summed E-state index contributed by atoms with van der Waals surface area (Å²) in [7, 11) is 1.59. The van der Waals surface area contributed by atoms with Crippen LogP contribution in [0.2, 0.25) is 5.02 Å². The van der Waals surface area contributed by atoms with Gasteiger partial charge in [-0.25, -0.2) is 0 Å². The Balaban J connectivity index is 2.65. The first-order valence-electron chi connectivity index (χ1n) is 7.01. The summed E-state index contributed by atoms with van der Waals surface area (Å²) in [6.45, 7) is 6.17. The van der Waals surface area contributed by atoms with Gasteiger partial charge in [-0.05, 0) is 31.7 Å². The summed E-state index contributed by atoms with van der Waals surface area (Å²) in [5, 5.41) is 6.61. The average Bonchev–Trinajstić information content (AvgIpc) is 2.47. The monoisotopic (exact) mass is 314 g/mol. The molecule has 1 unspecified atom stereocenters. The summed E-state index contributed by atoms with van der Waals surface area (Å²) >= 11 is 6.00. The highest BCUT2D eigenvalue weighted by Crippen LogP contribution is 2.24. The first-order chi connectivity index (χ1) is 10.1. The van der Waals surface area contributed by atoms with Crippen LogP contribution in [-0.2, 0) is 16.1 Å². The third kappa shape index (κ3) is 6.33. The second-order valence-corrected chi connectivity index (χ2v) is 5.01. The molecule has 0 fully saturated rings. The summed E-state index contributed by atoms with van der Waals surface area (Å²) in [4.78, 5) is 11.9. The lowest BCUT2D eigenvalue weighted by atomic mass is 10.2. The van der Waals surface area contributed by atoms with Crippen LogP contribution < -0.4 is 15.4 Å². The molecule has 0 aromatic heterocycles. The fourth-order valence-electron chi connectivity index (χ4n) is 1.72. The zero-order chi connectivity index (χ0) is 15.7. The van der Waals surface area contributed by atoms with Gasteiger partial charge in [0.15, 0.2) is 6.10 Å².